The van der Waals surface area contributed by atoms with Crippen molar-refractivity contribution in [1.29, 1.82) is 0 Å². The highest BCUT2D eigenvalue weighted by molar-refractivity contribution is 7.93. The van der Waals surface area contributed by atoms with Gasteiger partial charge in [-0.15, -0.1) is 11.3 Å². The van der Waals surface area contributed by atoms with Crippen molar-refractivity contribution < 1.29 is 36.2 Å². The maximum Gasteiger partial charge on any atom is 0.490 e. The number of anilines is 1. The summed E-state index contributed by atoms with van der Waals surface area (Å²) in [4.78, 5) is 20.1. The first-order valence-corrected chi connectivity index (χ1v) is 13.8. The molecule has 3 aromatic rings. The number of thiazole rings is 1. The van der Waals surface area contributed by atoms with Crippen LogP contribution in [0, 0.1) is 0 Å². The molecule has 1 atom stereocenters. The molecular weight excluding hydrogens is 533 g/mol. The van der Waals surface area contributed by atoms with Crippen LogP contribution in [0.2, 0.25) is 0 Å². The van der Waals surface area contributed by atoms with Crippen LogP contribution in [0.15, 0.2) is 53.1 Å². The van der Waals surface area contributed by atoms with Gasteiger partial charge in [0.2, 0.25) is 5.13 Å². The Morgan fingerprint density at radius 2 is 1.86 bits per heavy atom. The van der Waals surface area contributed by atoms with Gasteiger partial charge in [0.25, 0.3) is 10.0 Å². The Kier molecular flexibility index (Phi) is 8.31. The van der Waals surface area contributed by atoms with Crippen LogP contribution >= 0.6 is 11.3 Å². The Morgan fingerprint density at radius 1 is 1.14 bits per heavy atom. The number of fused-ring (bicyclic) bond motifs is 1. The van der Waals surface area contributed by atoms with Crippen molar-refractivity contribution in [2.24, 2.45) is 0 Å². The standard InChI is InChI=1S/C21H24N4O3S2.C2HF3O2/c26-30(27,19-4-3-17-15-22-8-5-16(17)14-19)25(21-23-9-13-29-21)20-2-1-10-24(20)18-6-11-28-12-7-18;3-2(4,5)1(6)7/h3-5,8-9,13-15,18,20H,1-2,6-7,10-12H2;(H,6,7). The van der Waals surface area contributed by atoms with Crippen molar-refractivity contribution in [1.82, 2.24) is 14.9 Å². The fourth-order valence-electron chi connectivity index (χ4n) is 4.52. The summed E-state index contributed by atoms with van der Waals surface area (Å²) >= 11 is 1.37. The summed E-state index contributed by atoms with van der Waals surface area (Å²) in [6.45, 7) is 2.36. The topological polar surface area (TPSA) is 113 Å². The first-order chi connectivity index (χ1) is 17.6. The number of carboxylic acid groups (broad SMARTS) is 1. The third-order valence-corrected chi connectivity index (χ3v) is 8.88. The fraction of sp³-hybridized carbons (Fsp3) is 0.435. The summed E-state index contributed by atoms with van der Waals surface area (Å²) in [6.07, 6.45) is 3.43. The third-order valence-electron chi connectivity index (χ3n) is 6.21. The molecule has 200 valence electrons. The first-order valence-electron chi connectivity index (χ1n) is 11.5. The van der Waals surface area contributed by atoms with Gasteiger partial charge in [0, 0.05) is 55.2 Å². The molecule has 0 saturated carbocycles. The van der Waals surface area contributed by atoms with Gasteiger partial charge in [0.05, 0.1) is 4.90 Å². The SMILES string of the molecule is O=C(O)C(F)(F)F.O=S(=O)(c1ccc2cnccc2c1)N(c1nccs1)C1CCCN1C1CCOCC1. The smallest absolute Gasteiger partial charge is 0.475 e. The predicted molar refractivity (Wildman–Crippen MR) is 131 cm³/mol. The lowest BCUT2D eigenvalue weighted by Crippen LogP contribution is -2.52. The largest absolute Gasteiger partial charge is 0.490 e. The molecule has 5 rings (SSSR count). The van der Waals surface area contributed by atoms with Crippen LogP contribution in [-0.4, -0.2) is 72.5 Å². The van der Waals surface area contributed by atoms with Crippen LogP contribution < -0.4 is 4.31 Å². The summed E-state index contributed by atoms with van der Waals surface area (Å²) in [6, 6.07) is 7.41. The highest BCUT2D eigenvalue weighted by atomic mass is 32.2. The van der Waals surface area contributed by atoms with E-state index in [-0.39, 0.29) is 11.1 Å². The van der Waals surface area contributed by atoms with Gasteiger partial charge in [-0.25, -0.2) is 22.5 Å². The average Bonchev–Trinajstić information content (AvgIpc) is 3.57. The van der Waals surface area contributed by atoms with E-state index in [0.29, 0.717) is 11.2 Å². The number of benzene rings is 1. The van der Waals surface area contributed by atoms with Gasteiger partial charge >= 0.3 is 12.1 Å². The molecule has 0 spiro atoms. The van der Waals surface area contributed by atoms with Crippen molar-refractivity contribution in [3.05, 3.63) is 48.2 Å². The van der Waals surface area contributed by atoms with Crippen LogP contribution in [0.4, 0.5) is 18.3 Å². The number of alkyl halides is 3. The number of hydrogen-bond acceptors (Lipinski definition) is 8. The number of rotatable bonds is 5. The van der Waals surface area contributed by atoms with E-state index in [1.165, 1.54) is 11.3 Å². The number of nitrogens with zero attached hydrogens (tertiary/aromatic N) is 4. The van der Waals surface area contributed by atoms with Crippen LogP contribution in [0.25, 0.3) is 10.8 Å². The van der Waals surface area contributed by atoms with E-state index in [1.54, 1.807) is 35.0 Å². The van der Waals surface area contributed by atoms with Crippen LogP contribution in [0.3, 0.4) is 0 Å². The highest BCUT2D eigenvalue weighted by Gasteiger charge is 2.42. The summed E-state index contributed by atoms with van der Waals surface area (Å²) in [5, 5.41) is 11.3. The minimum atomic E-state index is -5.08. The zero-order chi connectivity index (χ0) is 26.6. The second-order valence-corrected chi connectivity index (χ2v) is 11.2. The molecule has 2 aliphatic rings. The predicted octanol–water partition coefficient (Wildman–Crippen LogP) is 4.12. The molecule has 1 unspecified atom stereocenters. The van der Waals surface area contributed by atoms with E-state index in [0.717, 1.165) is 56.2 Å². The fourth-order valence-corrected chi connectivity index (χ4v) is 7.07. The molecule has 4 heterocycles. The summed E-state index contributed by atoms with van der Waals surface area (Å²) in [5.41, 5.74) is 0. The van der Waals surface area contributed by atoms with E-state index in [9.17, 15) is 21.6 Å². The molecule has 2 aliphatic heterocycles. The maximum absolute atomic E-state index is 13.9. The molecule has 37 heavy (non-hydrogen) atoms. The number of hydrogen-bond donors (Lipinski definition) is 1. The number of pyridine rings is 1. The van der Waals surface area contributed by atoms with Crippen molar-refractivity contribution >= 4 is 43.2 Å². The van der Waals surface area contributed by atoms with Gasteiger partial charge in [-0.1, -0.05) is 6.07 Å². The molecule has 0 bridgehead atoms. The monoisotopic (exact) mass is 558 g/mol. The zero-order valence-electron chi connectivity index (χ0n) is 19.5. The number of ether oxygens (including phenoxy) is 1. The van der Waals surface area contributed by atoms with Gasteiger partial charge in [-0.2, -0.15) is 13.2 Å². The Bertz CT molecular complexity index is 1320. The Balaban J connectivity index is 0.000000405. The average molecular weight is 559 g/mol. The molecule has 2 aromatic heterocycles. The zero-order valence-corrected chi connectivity index (χ0v) is 21.2. The Morgan fingerprint density at radius 3 is 2.51 bits per heavy atom. The van der Waals surface area contributed by atoms with Gasteiger partial charge in [-0.05, 0) is 49.3 Å². The maximum atomic E-state index is 13.9. The van der Waals surface area contributed by atoms with Crippen molar-refractivity contribution in [3.63, 3.8) is 0 Å². The lowest BCUT2D eigenvalue weighted by atomic mass is 10.1. The number of aliphatic carboxylic acids is 1. The second kappa shape index (κ2) is 11.3. The number of halogens is 3. The van der Waals surface area contributed by atoms with Crippen LogP contribution in [-0.2, 0) is 19.6 Å². The van der Waals surface area contributed by atoms with E-state index in [2.05, 4.69) is 14.9 Å². The molecule has 14 heteroatoms. The van der Waals surface area contributed by atoms with Crippen molar-refractivity contribution in [3.8, 4) is 0 Å². The van der Waals surface area contributed by atoms with E-state index >= 15 is 0 Å². The number of carboxylic acids is 1. The second-order valence-electron chi connectivity index (χ2n) is 8.51. The molecule has 2 saturated heterocycles. The Hall–Kier alpha value is -2.81. The first kappa shape index (κ1) is 27.2. The van der Waals surface area contributed by atoms with E-state index < -0.39 is 22.2 Å². The Labute approximate surface area is 215 Å². The molecule has 2 fully saturated rings. The van der Waals surface area contributed by atoms with Crippen LogP contribution in [0.5, 0.6) is 0 Å². The minimum Gasteiger partial charge on any atom is -0.475 e. The van der Waals surface area contributed by atoms with Crippen molar-refractivity contribution in [2.45, 2.75) is 49.0 Å². The number of sulfonamides is 1. The van der Waals surface area contributed by atoms with Gasteiger partial charge in [0.1, 0.15) is 6.17 Å². The summed E-state index contributed by atoms with van der Waals surface area (Å²) in [5.74, 6) is -2.76. The molecule has 0 amide bonds. The van der Waals surface area contributed by atoms with Crippen molar-refractivity contribution in [2.75, 3.05) is 24.1 Å². The molecule has 9 nitrogen and oxygen atoms in total. The van der Waals surface area contributed by atoms with Gasteiger partial charge in [0.15, 0.2) is 0 Å². The summed E-state index contributed by atoms with van der Waals surface area (Å²) < 4.78 is 66.7. The molecule has 1 N–H and O–H groups in total. The molecule has 1 aromatic carbocycles. The van der Waals surface area contributed by atoms with Crippen LogP contribution in [0.1, 0.15) is 25.7 Å². The number of likely N-dealkylation sites (tertiary alicyclic amines) is 1. The summed E-state index contributed by atoms with van der Waals surface area (Å²) in [7, 11) is -3.78. The normalized spacial score (nSPS) is 19.4. The highest BCUT2D eigenvalue weighted by Crippen LogP contribution is 2.36. The van der Waals surface area contributed by atoms with Gasteiger partial charge in [-0.3, -0.25) is 9.88 Å². The number of carbonyl (C=O) groups is 1. The lowest BCUT2D eigenvalue weighted by molar-refractivity contribution is -0.192. The molecule has 0 aliphatic carbocycles. The quantitative estimate of drug-likeness (QED) is 0.498. The van der Waals surface area contributed by atoms with E-state index in [1.807, 2.05) is 17.5 Å². The third kappa shape index (κ3) is 6.20. The number of aromatic nitrogens is 2. The van der Waals surface area contributed by atoms with E-state index in [4.69, 9.17) is 14.6 Å². The lowest BCUT2D eigenvalue weighted by Gasteiger charge is -2.40. The molecule has 0 radical (unpaired) electrons. The minimum absolute atomic E-state index is 0.225. The van der Waals surface area contributed by atoms with Gasteiger partial charge < -0.3 is 9.84 Å². The molecular formula is C23H25F3N4O5S2.